The van der Waals surface area contributed by atoms with Gasteiger partial charge in [-0.25, -0.2) is 18.9 Å². The second-order valence-electron chi connectivity index (χ2n) is 8.11. The van der Waals surface area contributed by atoms with Gasteiger partial charge in [0.2, 0.25) is 0 Å². The average Bonchev–Trinajstić information content (AvgIpc) is 3.59. The van der Waals surface area contributed by atoms with Gasteiger partial charge in [-0.1, -0.05) is 12.1 Å². The first-order valence-electron chi connectivity index (χ1n) is 10.6. The molecule has 0 spiro atoms. The number of benzene rings is 2. The van der Waals surface area contributed by atoms with Crippen molar-refractivity contribution in [2.45, 2.75) is 18.8 Å². The monoisotopic (exact) mass is 446 g/mol. The van der Waals surface area contributed by atoms with E-state index < -0.39 is 11.8 Å². The summed E-state index contributed by atoms with van der Waals surface area (Å²) in [7, 11) is 3.27. The first-order chi connectivity index (χ1) is 15.9. The van der Waals surface area contributed by atoms with Gasteiger partial charge >= 0.3 is 6.03 Å². The fraction of sp³-hybridized carbons (Fsp3) is 0.208. The van der Waals surface area contributed by atoms with Gasteiger partial charge in [0, 0.05) is 42.2 Å². The summed E-state index contributed by atoms with van der Waals surface area (Å²) in [6.45, 7) is 0. The standard InChI is InChI=1S/C24H23FN6O2/c1-31-23-21(22(26)30-31)19(12-20(29-23)14-3-4-14)13-5-7-16(8-6-13)27-24(32)28-17-9-15(25)10-18(11-17)33-2/h5-12,14H,3-4H2,1-2H3,(H2,26,30)(H2,27,28,32). The highest BCUT2D eigenvalue weighted by Gasteiger charge is 2.27. The van der Waals surface area contributed by atoms with Crippen molar-refractivity contribution in [3.05, 3.63) is 60.0 Å². The molecule has 0 radical (unpaired) electrons. The molecule has 33 heavy (non-hydrogen) atoms. The first-order valence-corrected chi connectivity index (χ1v) is 10.6. The lowest BCUT2D eigenvalue weighted by Gasteiger charge is -2.11. The normalized spacial score (nSPS) is 13.2. The Morgan fingerprint density at radius 1 is 1.12 bits per heavy atom. The molecular weight excluding hydrogens is 423 g/mol. The number of aromatic nitrogens is 3. The molecule has 2 amide bonds. The van der Waals surface area contributed by atoms with Gasteiger partial charge in [0.05, 0.1) is 12.5 Å². The number of hydrogen-bond acceptors (Lipinski definition) is 5. The quantitative estimate of drug-likeness (QED) is 0.405. The van der Waals surface area contributed by atoms with Gasteiger partial charge in [0.15, 0.2) is 11.5 Å². The Bertz CT molecular complexity index is 1360. The Labute approximate surface area is 189 Å². The molecule has 4 aromatic rings. The summed E-state index contributed by atoms with van der Waals surface area (Å²) in [6, 6.07) is 13.0. The van der Waals surface area contributed by atoms with Crippen molar-refractivity contribution >= 4 is 34.3 Å². The number of rotatable bonds is 5. The van der Waals surface area contributed by atoms with Crippen LogP contribution in [0.15, 0.2) is 48.5 Å². The molecule has 0 aliphatic heterocycles. The van der Waals surface area contributed by atoms with Crippen molar-refractivity contribution in [1.29, 1.82) is 0 Å². The van der Waals surface area contributed by atoms with Crippen LogP contribution in [0, 0.1) is 5.82 Å². The number of nitrogens with zero attached hydrogens (tertiary/aromatic N) is 3. The molecule has 0 atom stereocenters. The van der Waals surface area contributed by atoms with Crippen LogP contribution < -0.4 is 21.1 Å². The Morgan fingerprint density at radius 2 is 1.85 bits per heavy atom. The number of ether oxygens (including phenoxy) is 1. The number of halogens is 1. The van der Waals surface area contributed by atoms with E-state index in [9.17, 15) is 9.18 Å². The van der Waals surface area contributed by atoms with Crippen molar-refractivity contribution in [2.24, 2.45) is 7.05 Å². The van der Waals surface area contributed by atoms with Crippen molar-refractivity contribution in [3.63, 3.8) is 0 Å². The number of hydrogen-bond donors (Lipinski definition) is 3. The minimum atomic E-state index is -0.502. The third-order valence-electron chi connectivity index (χ3n) is 5.65. The summed E-state index contributed by atoms with van der Waals surface area (Å²) in [6.07, 6.45) is 2.28. The zero-order valence-electron chi connectivity index (χ0n) is 18.2. The topological polar surface area (TPSA) is 107 Å². The summed E-state index contributed by atoms with van der Waals surface area (Å²) < 4.78 is 20.4. The minimum absolute atomic E-state index is 0.291. The van der Waals surface area contributed by atoms with Crippen LogP contribution in [0.4, 0.5) is 26.4 Å². The lowest BCUT2D eigenvalue weighted by Crippen LogP contribution is -2.19. The van der Waals surface area contributed by atoms with Gasteiger partial charge in [0.1, 0.15) is 11.6 Å². The lowest BCUT2D eigenvalue weighted by molar-refractivity contribution is 0.262. The lowest BCUT2D eigenvalue weighted by atomic mass is 10.0. The van der Waals surface area contributed by atoms with Gasteiger partial charge in [-0.3, -0.25) is 0 Å². The summed E-state index contributed by atoms with van der Waals surface area (Å²) in [4.78, 5) is 17.2. The number of methoxy groups -OCH3 is 1. The maximum Gasteiger partial charge on any atom is 0.323 e. The van der Waals surface area contributed by atoms with Crippen LogP contribution >= 0.6 is 0 Å². The van der Waals surface area contributed by atoms with Crippen molar-refractivity contribution in [2.75, 3.05) is 23.5 Å². The molecule has 168 valence electrons. The number of carbonyl (C=O) groups excluding carboxylic acids is 1. The minimum Gasteiger partial charge on any atom is -0.497 e. The third-order valence-corrected chi connectivity index (χ3v) is 5.65. The van der Waals surface area contributed by atoms with Gasteiger partial charge in [-0.2, -0.15) is 5.10 Å². The molecule has 9 heteroatoms. The maximum absolute atomic E-state index is 13.6. The molecule has 1 aliphatic carbocycles. The number of aryl methyl sites for hydroxylation is 1. The summed E-state index contributed by atoms with van der Waals surface area (Å²) >= 11 is 0. The van der Waals surface area contributed by atoms with Crippen molar-refractivity contribution in [3.8, 4) is 16.9 Å². The molecular formula is C24H23FN6O2. The van der Waals surface area contributed by atoms with E-state index in [0.717, 1.165) is 40.7 Å². The summed E-state index contributed by atoms with van der Waals surface area (Å²) in [5.41, 5.74) is 10.8. The number of urea groups is 1. The smallest absolute Gasteiger partial charge is 0.323 e. The number of nitrogen functional groups attached to an aromatic ring is 1. The molecule has 8 nitrogen and oxygen atoms in total. The highest BCUT2D eigenvalue weighted by molar-refractivity contribution is 6.02. The average molecular weight is 446 g/mol. The molecule has 2 aromatic carbocycles. The van der Waals surface area contributed by atoms with E-state index in [1.165, 1.54) is 25.3 Å². The highest BCUT2D eigenvalue weighted by atomic mass is 19.1. The van der Waals surface area contributed by atoms with E-state index in [-0.39, 0.29) is 0 Å². The number of anilines is 3. The van der Waals surface area contributed by atoms with Gasteiger partial charge in [-0.15, -0.1) is 0 Å². The van der Waals surface area contributed by atoms with Crippen LogP contribution in [0.5, 0.6) is 5.75 Å². The van der Waals surface area contributed by atoms with Gasteiger partial charge in [-0.05, 0) is 48.2 Å². The van der Waals surface area contributed by atoms with Crippen LogP contribution in [0.25, 0.3) is 22.2 Å². The van der Waals surface area contributed by atoms with Crippen LogP contribution in [-0.4, -0.2) is 27.9 Å². The Hall–Kier alpha value is -4.14. The van der Waals surface area contributed by atoms with Crippen LogP contribution in [0.3, 0.4) is 0 Å². The summed E-state index contributed by atoms with van der Waals surface area (Å²) in [5, 5.41) is 10.5. The molecule has 0 bridgehead atoms. The number of fused-ring (bicyclic) bond motifs is 1. The SMILES string of the molecule is COc1cc(F)cc(NC(=O)Nc2ccc(-c3cc(C4CC4)nc4c3c(N)nn4C)cc2)c1. The molecule has 1 saturated carbocycles. The zero-order chi connectivity index (χ0) is 23.1. The van der Waals surface area contributed by atoms with Crippen LogP contribution in [0.2, 0.25) is 0 Å². The molecule has 2 aromatic heterocycles. The summed E-state index contributed by atoms with van der Waals surface area (Å²) in [5.74, 6) is 0.733. The van der Waals surface area contributed by atoms with E-state index in [1.807, 2.05) is 19.2 Å². The molecule has 2 heterocycles. The predicted octanol–water partition coefficient (Wildman–Crippen LogP) is 4.89. The van der Waals surface area contributed by atoms with E-state index >= 15 is 0 Å². The number of nitrogens with one attached hydrogen (secondary N) is 2. The molecule has 0 saturated heterocycles. The molecule has 4 N–H and O–H groups in total. The predicted molar refractivity (Wildman–Crippen MR) is 126 cm³/mol. The van der Waals surface area contributed by atoms with E-state index in [4.69, 9.17) is 15.5 Å². The van der Waals surface area contributed by atoms with Gasteiger partial charge < -0.3 is 21.1 Å². The molecule has 5 rings (SSSR count). The molecule has 1 aliphatic rings. The Kier molecular flexibility index (Phi) is 5.08. The van der Waals surface area contributed by atoms with Crippen molar-refractivity contribution in [1.82, 2.24) is 14.8 Å². The van der Waals surface area contributed by atoms with Gasteiger partial charge in [0.25, 0.3) is 0 Å². The number of amides is 2. The zero-order valence-corrected chi connectivity index (χ0v) is 18.2. The Balaban J connectivity index is 1.38. The number of carbonyl (C=O) groups is 1. The molecule has 1 fully saturated rings. The number of pyridine rings is 1. The second-order valence-corrected chi connectivity index (χ2v) is 8.11. The second kappa shape index (κ2) is 8.09. The van der Waals surface area contributed by atoms with E-state index in [1.54, 1.807) is 16.8 Å². The van der Waals surface area contributed by atoms with Crippen LogP contribution in [0.1, 0.15) is 24.5 Å². The van der Waals surface area contributed by atoms with E-state index in [2.05, 4.69) is 21.8 Å². The highest BCUT2D eigenvalue weighted by Crippen LogP contribution is 2.42. The van der Waals surface area contributed by atoms with Crippen LogP contribution in [-0.2, 0) is 7.05 Å². The molecule has 0 unspecified atom stereocenters. The third kappa shape index (κ3) is 4.17. The first kappa shape index (κ1) is 20.7. The van der Waals surface area contributed by atoms with Crippen molar-refractivity contribution < 1.29 is 13.9 Å². The fourth-order valence-electron chi connectivity index (χ4n) is 3.89. The number of nitrogens with two attached hydrogens (primary N) is 1. The van der Waals surface area contributed by atoms with E-state index in [0.29, 0.717) is 28.9 Å². The Morgan fingerprint density at radius 3 is 2.55 bits per heavy atom. The maximum atomic E-state index is 13.6. The fourth-order valence-corrected chi connectivity index (χ4v) is 3.89. The largest absolute Gasteiger partial charge is 0.497 e.